The fraction of sp³-hybridized carbons (Fsp3) is 0.850. The zero-order chi connectivity index (χ0) is 20.8. The predicted octanol–water partition coefficient (Wildman–Crippen LogP) is 1.33. The van der Waals surface area contributed by atoms with Crippen molar-refractivity contribution < 1.29 is 33.6 Å². The number of amides is 1. The van der Waals surface area contributed by atoms with Gasteiger partial charge in [0.05, 0.1) is 33.0 Å². The lowest BCUT2D eigenvalue weighted by Crippen LogP contribution is -2.42. The van der Waals surface area contributed by atoms with E-state index in [0.29, 0.717) is 57.9 Å². The maximum Gasteiger partial charge on any atom is 0.286 e. The van der Waals surface area contributed by atoms with Gasteiger partial charge in [0.25, 0.3) is 5.91 Å². The Morgan fingerprint density at radius 1 is 1.21 bits per heavy atom. The Labute approximate surface area is 168 Å². The number of aliphatic hydroxyl groups excluding tert-OH is 1. The van der Waals surface area contributed by atoms with Crippen LogP contribution in [0.2, 0.25) is 0 Å². The Hall–Kier alpha value is -1.19. The molecule has 0 fully saturated rings. The molecular weight excluding hydrogens is 366 g/mol. The summed E-state index contributed by atoms with van der Waals surface area (Å²) < 4.78 is 27.5. The molecule has 1 amide bonds. The van der Waals surface area contributed by atoms with Crippen molar-refractivity contribution in [2.75, 3.05) is 59.9 Å². The van der Waals surface area contributed by atoms with E-state index in [-0.39, 0.29) is 24.3 Å². The molecule has 0 aromatic carbocycles. The van der Waals surface area contributed by atoms with Crippen molar-refractivity contribution in [3.63, 3.8) is 0 Å². The maximum atomic E-state index is 12.4. The third-order valence-corrected chi connectivity index (χ3v) is 4.55. The average molecular weight is 404 g/mol. The van der Waals surface area contributed by atoms with Crippen molar-refractivity contribution in [3.8, 4) is 0 Å². The van der Waals surface area contributed by atoms with E-state index in [0.717, 1.165) is 6.42 Å². The third kappa shape index (κ3) is 8.87. The first-order chi connectivity index (χ1) is 13.5. The molecule has 28 heavy (non-hydrogen) atoms. The maximum absolute atomic E-state index is 12.4. The molecule has 0 aromatic rings. The molecule has 0 saturated carbocycles. The Balaban J connectivity index is 2.68. The number of ether oxygens (including phenoxy) is 5. The SMILES string of the molecule is CCO[C@@H]1OC(C(=O)NCCOC)=C[C@H](C(C)C)[C@@H]1CCOCCOCCO. The highest BCUT2D eigenvalue weighted by atomic mass is 16.7. The van der Waals surface area contributed by atoms with Gasteiger partial charge in [-0.25, -0.2) is 0 Å². The van der Waals surface area contributed by atoms with Gasteiger partial charge in [-0.1, -0.05) is 13.8 Å². The van der Waals surface area contributed by atoms with Gasteiger partial charge in [-0.3, -0.25) is 4.79 Å². The first kappa shape index (κ1) is 24.8. The van der Waals surface area contributed by atoms with Crippen molar-refractivity contribution in [3.05, 3.63) is 11.8 Å². The van der Waals surface area contributed by atoms with E-state index in [4.69, 9.17) is 28.8 Å². The van der Waals surface area contributed by atoms with Crippen LogP contribution in [0.3, 0.4) is 0 Å². The molecule has 0 spiro atoms. The Morgan fingerprint density at radius 3 is 2.54 bits per heavy atom. The molecule has 2 N–H and O–H groups in total. The highest BCUT2D eigenvalue weighted by molar-refractivity contribution is 5.91. The van der Waals surface area contributed by atoms with Crippen molar-refractivity contribution in [1.82, 2.24) is 5.32 Å². The van der Waals surface area contributed by atoms with Gasteiger partial charge in [0.15, 0.2) is 5.76 Å². The number of carbonyl (C=O) groups excluding carboxylic acids is 1. The zero-order valence-corrected chi connectivity index (χ0v) is 17.6. The van der Waals surface area contributed by atoms with E-state index in [1.165, 1.54) is 0 Å². The predicted molar refractivity (Wildman–Crippen MR) is 105 cm³/mol. The number of methoxy groups -OCH3 is 1. The van der Waals surface area contributed by atoms with Crippen LogP contribution in [0.15, 0.2) is 11.8 Å². The third-order valence-electron chi connectivity index (χ3n) is 4.55. The lowest BCUT2D eigenvalue weighted by Gasteiger charge is -2.38. The number of nitrogens with one attached hydrogen (secondary N) is 1. The smallest absolute Gasteiger partial charge is 0.286 e. The van der Waals surface area contributed by atoms with Crippen LogP contribution in [0.5, 0.6) is 0 Å². The number of allylic oxidation sites excluding steroid dienone is 1. The van der Waals surface area contributed by atoms with E-state index >= 15 is 0 Å². The first-order valence-corrected chi connectivity index (χ1v) is 10.1. The van der Waals surface area contributed by atoms with E-state index in [9.17, 15) is 4.79 Å². The number of aliphatic hydroxyl groups is 1. The Morgan fingerprint density at radius 2 is 1.93 bits per heavy atom. The van der Waals surface area contributed by atoms with Crippen molar-refractivity contribution in [2.45, 2.75) is 33.5 Å². The Kier molecular flexibility index (Phi) is 13.1. The molecule has 0 aliphatic carbocycles. The minimum absolute atomic E-state index is 0.0131. The number of hydrogen-bond donors (Lipinski definition) is 2. The first-order valence-electron chi connectivity index (χ1n) is 10.1. The summed E-state index contributed by atoms with van der Waals surface area (Å²) >= 11 is 0. The van der Waals surface area contributed by atoms with Crippen LogP contribution < -0.4 is 5.32 Å². The van der Waals surface area contributed by atoms with Crippen LogP contribution in [0, 0.1) is 17.8 Å². The molecule has 1 aliphatic heterocycles. The van der Waals surface area contributed by atoms with Crippen LogP contribution in [0.25, 0.3) is 0 Å². The largest absolute Gasteiger partial charge is 0.459 e. The zero-order valence-electron chi connectivity index (χ0n) is 17.6. The van der Waals surface area contributed by atoms with Crippen LogP contribution in [-0.2, 0) is 28.5 Å². The van der Waals surface area contributed by atoms with Crippen molar-refractivity contribution >= 4 is 5.91 Å². The van der Waals surface area contributed by atoms with Gasteiger partial charge in [0, 0.05) is 32.8 Å². The van der Waals surface area contributed by atoms with E-state index in [1.54, 1.807) is 7.11 Å². The minimum Gasteiger partial charge on any atom is -0.459 e. The summed E-state index contributed by atoms with van der Waals surface area (Å²) in [6.07, 6.45) is 2.18. The molecule has 0 unspecified atom stereocenters. The second-order valence-electron chi connectivity index (χ2n) is 6.94. The van der Waals surface area contributed by atoms with Gasteiger partial charge in [-0.15, -0.1) is 0 Å². The lowest BCUT2D eigenvalue weighted by atomic mass is 9.79. The van der Waals surface area contributed by atoms with Crippen LogP contribution in [0.1, 0.15) is 27.2 Å². The van der Waals surface area contributed by atoms with Crippen LogP contribution in [0.4, 0.5) is 0 Å². The van der Waals surface area contributed by atoms with Gasteiger partial charge in [0.1, 0.15) is 0 Å². The van der Waals surface area contributed by atoms with Crippen LogP contribution in [-0.4, -0.2) is 77.2 Å². The molecule has 3 atom stereocenters. The highest BCUT2D eigenvalue weighted by Gasteiger charge is 2.38. The average Bonchev–Trinajstić information content (AvgIpc) is 2.68. The molecule has 164 valence electrons. The number of hydrogen-bond acceptors (Lipinski definition) is 7. The number of carbonyl (C=O) groups is 1. The summed E-state index contributed by atoms with van der Waals surface area (Å²) in [5, 5.41) is 11.5. The summed E-state index contributed by atoms with van der Waals surface area (Å²) in [6, 6.07) is 0. The highest BCUT2D eigenvalue weighted by Crippen LogP contribution is 2.36. The van der Waals surface area contributed by atoms with E-state index in [1.807, 2.05) is 13.0 Å². The van der Waals surface area contributed by atoms with Crippen molar-refractivity contribution in [1.29, 1.82) is 0 Å². The van der Waals surface area contributed by atoms with Crippen molar-refractivity contribution in [2.24, 2.45) is 17.8 Å². The Bertz CT molecular complexity index is 456. The fourth-order valence-electron chi connectivity index (χ4n) is 3.16. The molecule has 8 nitrogen and oxygen atoms in total. The fourth-order valence-corrected chi connectivity index (χ4v) is 3.16. The topological polar surface area (TPSA) is 95.5 Å². The van der Waals surface area contributed by atoms with Crippen LogP contribution >= 0.6 is 0 Å². The molecule has 0 bridgehead atoms. The molecule has 1 rings (SSSR count). The normalized spacial score (nSPS) is 22.1. The molecule has 0 aromatic heterocycles. The van der Waals surface area contributed by atoms with Gasteiger partial charge in [-0.05, 0) is 31.3 Å². The number of rotatable bonds is 15. The lowest BCUT2D eigenvalue weighted by molar-refractivity contribution is -0.177. The molecule has 0 saturated heterocycles. The van der Waals surface area contributed by atoms with Gasteiger partial charge < -0.3 is 34.1 Å². The monoisotopic (exact) mass is 403 g/mol. The van der Waals surface area contributed by atoms with E-state index in [2.05, 4.69) is 19.2 Å². The van der Waals surface area contributed by atoms with Gasteiger partial charge >= 0.3 is 0 Å². The summed E-state index contributed by atoms with van der Waals surface area (Å²) in [6.45, 7) is 9.36. The summed E-state index contributed by atoms with van der Waals surface area (Å²) in [4.78, 5) is 12.4. The molecule has 1 heterocycles. The summed E-state index contributed by atoms with van der Waals surface area (Å²) in [7, 11) is 1.59. The van der Waals surface area contributed by atoms with Gasteiger partial charge in [0.2, 0.25) is 6.29 Å². The second-order valence-corrected chi connectivity index (χ2v) is 6.94. The van der Waals surface area contributed by atoms with E-state index < -0.39 is 6.29 Å². The van der Waals surface area contributed by atoms with Gasteiger partial charge in [-0.2, -0.15) is 0 Å². The minimum atomic E-state index is -0.486. The standard InChI is InChI=1S/C20H37NO7/c1-5-27-20-16(6-9-25-12-13-26-11-8-22)17(15(2)3)14-18(28-20)19(23)21-7-10-24-4/h14-17,20,22H,5-13H2,1-4H3,(H,21,23)/t16-,17+,20+/m0/s1. The summed E-state index contributed by atoms with van der Waals surface area (Å²) in [5.74, 6) is 0.619. The molecular formula is C20H37NO7. The molecule has 1 aliphatic rings. The summed E-state index contributed by atoms with van der Waals surface area (Å²) in [5.41, 5.74) is 0. The second kappa shape index (κ2) is 14.8. The quantitative estimate of drug-likeness (QED) is 0.398. The molecule has 8 heteroatoms. The molecule has 0 radical (unpaired) electrons.